The van der Waals surface area contributed by atoms with E-state index in [1.165, 1.54) is 6.20 Å². The molecule has 0 aliphatic carbocycles. The molecular weight excluding hydrogens is 254 g/mol. The van der Waals surface area contributed by atoms with Gasteiger partial charge in [-0.05, 0) is 18.2 Å². The molecule has 0 amide bonds. The van der Waals surface area contributed by atoms with Crippen LogP contribution in [0, 0.1) is 0 Å². The van der Waals surface area contributed by atoms with E-state index in [2.05, 4.69) is 25.5 Å². The van der Waals surface area contributed by atoms with E-state index >= 15 is 0 Å². The quantitative estimate of drug-likeness (QED) is 0.558. The maximum Gasteiger partial charge on any atom is 0.346 e. The Bertz CT molecular complexity index is 825. The first kappa shape index (κ1) is 12.0. The van der Waals surface area contributed by atoms with Crippen LogP contribution in [0.25, 0.3) is 10.9 Å². The number of hydrazone groups is 1. The number of nitrogens with zero attached hydrogens (tertiary/aromatic N) is 3. The van der Waals surface area contributed by atoms with Gasteiger partial charge in [0.05, 0.1) is 17.4 Å². The predicted octanol–water partition coefficient (Wildman–Crippen LogP) is 1.76. The van der Waals surface area contributed by atoms with Crippen molar-refractivity contribution in [2.45, 2.75) is 0 Å². The summed E-state index contributed by atoms with van der Waals surface area (Å²) in [5.74, 6) is 0.474. The van der Waals surface area contributed by atoms with Crippen molar-refractivity contribution in [3.63, 3.8) is 0 Å². The van der Waals surface area contributed by atoms with Crippen molar-refractivity contribution in [3.8, 4) is 0 Å². The number of hydrogen-bond acceptors (Lipinski definition) is 5. The van der Waals surface area contributed by atoms with Crippen molar-refractivity contribution < 1.29 is 0 Å². The summed E-state index contributed by atoms with van der Waals surface area (Å²) < 4.78 is 0. The second-order valence-electron chi connectivity index (χ2n) is 4.09. The molecule has 3 rings (SSSR count). The van der Waals surface area contributed by atoms with Gasteiger partial charge < -0.3 is 0 Å². The van der Waals surface area contributed by atoms with Crippen LogP contribution in [-0.4, -0.2) is 21.2 Å². The molecule has 0 atom stereocenters. The number of aromatic nitrogens is 3. The minimum Gasteiger partial charge on any atom is -0.291 e. The van der Waals surface area contributed by atoms with Gasteiger partial charge in [-0.3, -0.25) is 10.4 Å². The fraction of sp³-hybridized carbons (Fsp3) is 0. The Morgan fingerprint density at radius 3 is 2.95 bits per heavy atom. The molecule has 0 spiro atoms. The van der Waals surface area contributed by atoms with Crippen LogP contribution in [0.1, 0.15) is 5.69 Å². The summed E-state index contributed by atoms with van der Waals surface area (Å²) in [5.41, 5.74) is 3.93. The van der Waals surface area contributed by atoms with Crippen molar-refractivity contribution in [3.05, 3.63) is 64.8 Å². The van der Waals surface area contributed by atoms with Crippen molar-refractivity contribution in [2.75, 3.05) is 5.43 Å². The minimum atomic E-state index is -0.422. The zero-order valence-electron chi connectivity index (χ0n) is 10.4. The van der Waals surface area contributed by atoms with E-state index in [9.17, 15) is 4.79 Å². The topological polar surface area (TPSA) is 83.0 Å². The Hall–Kier alpha value is -3.02. The van der Waals surface area contributed by atoms with Gasteiger partial charge in [-0.15, -0.1) is 0 Å². The highest BCUT2D eigenvalue weighted by Gasteiger charge is 1.95. The van der Waals surface area contributed by atoms with Crippen molar-refractivity contribution in [2.24, 2.45) is 5.10 Å². The van der Waals surface area contributed by atoms with Crippen molar-refractivity contribution in [1.29, 1.82) is 0 Å². The van der Waals surface area contributed by atoms with Gasteiger partial charge in [-0.25, -0.2) is 14.8 Å². The number of para-hydroxylation sites is 1. The van der Waals surface area contributed by atoms with Crippen LogP contribution in [0.2, 0.25) is 0 Å². The third-order valence-electron chi connectivity index (χ3n) is 2.68. The number of hydrogen-bond donors (Lipinski definition) is 2. The van der Waals surface area contributed by atoms with E-state index in [1.54, 1.807) is 12.3 Å². The highest BCUT2D eigenvalue weighted by atomic mass is 16.1. The van der Waals surface area contributed by atoms with Gasteiger partial charge in [0.1, 0.15) is 5.82 Å². The average Bonchev–Trinajstić information content (AvgIpc) is 2.47. The molecule has 0 radical (unpaired) electrons. The van der Waals surface area contributed by atoms with Crippen molar-refractivity contribution in [1.82, 2.24) is 15.0 Å². The fourth-order valence-electron chi connectivity index (χ4n) is 1.76. The normalized spacial score (nSPS) is 11.0. The number of benzene rings is 1. The summed E-state index contributed by atoms with van der Waals surface area (Å²) >= 11 is 0. The van der Waals surface area contributed by atoms with Gasteiger partial charge >= 0.3 is 5.69 Å². The highest BCUT2D eigenvalue weighted by molar-refractivity contribution is 5.85. The summed E-state index contributed by atoms with van der Waals surface area (Å²) in [7, 11) is 0. The molecule has 98 valence electrons. The second-order valence-corrected chi connectivity index (χ2v) is 4.09. The van der Waals surface area contributed by atoms with Crippen LogP contribution >= 0.6 is 0 Å². The molecule has 6 nitrogen and oxygen atoms in total. The van der Waals surface area contributed by atoms with Gasteiger partial charge in [0.2, 0.25) is 0 Å². The van der Waals surface area contributed by atoms with Crippen LogP contribution in [0.5, 0.6) is 0 Å². The first-order valence-electron chi connectivity index (χ1n) is 6.01. The monoisotopic (exact) mass is 265 g/mol. The Balaban J connectivity index is 1.78. The lowest BCUT2D eigenvalue weighted by atomic mass is 10.2. The predicted molar refractivity (Wildman–Crippen MR) is 77.8 cm³/mol. The van der Waals surface area contributed by atoms with Gasteiger partial charge in [-0.2, -0.15) is 5.10 Å². The Morgan fingerprint density at radius 2 is 2.05 bits per heavy atom. The van der Waals surface area contributed by atoms with E-state index in [-0.39, 0.29) is 0 Å². The Kier molecular flexibility index (Phi) is 3.20. The van der Waals surface area contributed by atoms with Crippen LogP contribution in [-0.2, 0) is 0 Å². The van der Waals surface area contributed by atoms with E-state index < -0.39 is 5.69 Å². The molecule has 0 unspecified atom stereocenters. The molecular formula is C14H11N5O. The molecule has 2 heterocycles. The number of nitrogens with one attached hydrogen (secondary N) is 2. The van der Waals surface area contributed by atoms with Crippen LogP contribution in [0.15, 0.2) is 58.6 Å². The number of pyridine rings is 1. The summed E-state index contributed by atoms with van der Waals surface area (Å²) in [6.45, 7) is 0. The standard InChI is InChI=1S/C14H11N5O/c20-14-15-8-7-13(18-14)19-16-9-11-6-5-10-3-1-2-4-12(10)17-11/h1-9H,(H2,15,18,19,20)/b16-9+. The summed E-state index contributed by atoms with van der Waals surface area (Å²) in [6, 6.07) is 13.3. The highest BCUT2D eigenvalue weighted by Crippen LogP contribution is 2.10. The number of H-pyrrole nitrogens is 1. The van der Waals surface area contributed by atoms with E-state index in [4.69, 9.17) is 0 Å². The smallest absolute Gasteiger partial charge is 0.291 e. The molecule has 3 aromatic rings. The number of aromatic amines is 1. The van der Waals surface area contributed by atoms with Gasteiger partial charge in [0.15, 0.2) is 0 Å². The van der Waals surface area contributed by atoms with Gasteiger partial charge in [0, 0.05) is 11.6 Å². The lowest BCUT2D eigenvalue weighted by Crippen LogP contribution is -2.10. The summed E-state index contributed by atoms with van der Waals surface area (Å²) in [5, 5.41) is 5.10. The Labute approximate surface area is 114 Å². The first-order valence-corrected chi connectivity index (χ1v) is 6.01. The van der Waals surface area contributed by atoms with Crippen LogP contribution in [0.4, 0.5) is 5.82 Å². The van der Waals surface area contributed by atoms with E-state index in [1.807, 2.05) is 36.4 Å². The Morgan fingerprint density at radius 1 is 1.15 bits per heavy atom. The average molecular weight is 265 g/mol. The zero-order valence-corrected chi connectivity index (χ0v) is 10.4. The fourth-order valence-corrected chi connectivity index (χ4v) is 1.76. The number of anilines is 1. The largest absolute Gasteiger partial charge is 0.346 e. The van der Waals surface area contributed by atoms with E-state index in [0.717, 1.165) is 16.6 Å². The van der Waals surface area contributed by atoms with Gasteiger partial charge in [0.25, 0.3) is 0 Å². The third-order valence-corrected chi connectivity index (χ3v) is 2.68. The first-order chi connectivity index (χ1) is 9.81. The third kappa shape index (κ3) is 2.69. The zero-order chi connectivity index (χ0) is 13.8. The molecule has 1 aromatic carbocycles. The second kappa shape index (κ2) is 5.31. The van der Waals surface area contributed by atoms with Crippen LogP contribution < -0.4 is 11.1 Å². The molecule has 0 aliphatic heterocycles. The molecule has 2 N–H and O–H groups in total. The lowest BCUT2D eigenvalue weighted by Gasteiger charge is -1.99. The number of fused-ring (bicyclic) bond motifs is 1. The van der Waals surface area contributed by atoms with E-state index in [0.29, 0.717) is 5.82 Å². The molecule has 0 saturated heterocycles. The van der Waals surface area contributed by atoms with Crippen molar-refractivity contribution >= 4 is 22.9 Å². The lowest BCUT2D eigenvalue weighted by molar-refractivity contribution is 1.06. The summed E-state index contributed by atoms with van der Waals surface area (Å²) in [4.78, 5) is 21.5. The maximum atomic E-state index is 11.0. The van der Waals surface area contributed by atoms with Crippen LogP contribution in [0.3, 0.4) is 0 Å². The SMILES string of the molecule is O=c1nccc(N/N=C/c2ccc3ccccc3n2)[nH]1. The molecule has 0 fully saturated rings. The molecule has 0 aliphatic rings. The summed E-state index contributed by atoms with van der Waals surface area (Å²) in [6.07, 6.45) is 3.00. The number of rotatable bonds is 3. The maximum absolute atomic E-state index is 11.0. The molecule has 2 aromatic heterocycles. The van der Waals surface area contributed by atoms with Gasteiger partial charge in [-0.1, -0.05) is 24.3 Å². The molecule has 0 saturated carbocycles. The molecule has 20 heavy (non-hydrogen) atoms. The molecule has 6 heteroatoms. The minimum absolute atomic E-state index is 0.422. The molecule has 0 bridgehead atoms.